The van der Waals surface area contributed by atoms with Gasteiger partial charge in [0.2, 0.25) is 0 Å². The number of hydrogen-bond acceptors (Lipinski definition) is 3. The van der Waals surface area contributed by atoms with Crippen molar-refractivity contribution in [2.75, 3.05) is 6.61 Å². The van der Waals surface area contributed by atoms with E-state index in [1.807, 2.05) is 42.5 Å². The molecule has 0 fully saturated rings. The van der Waals surface area contributed by atoms with E-state index in [9.17, 15) is 14.7 Å². The fourth-order valence-corrected chi connectivity index (χ4v) is 4.78. The molecule has 1 atom stereocenters. The molecule has 0 bridgehead atoms. The summed E-state index contributed by atoms with van der Waals surface area (Å²) in [6, 6.07) is 20.4. The summed E-state index contributed by atoms with van der Waals surface area (Å²) in [5.41, 5.74) is 5.93. The first-order chi connectivity index (χ1) is 16.0. The Labute approximate surface area is 195 Å². The zero-order valence-electron chi connectivity index (χ0n) is 17.5. The number of amides is 1. The number of rotatable bonds is 6. The number of carboxylic acids is 1. The molecule has 6 nitrogen and oxygen atoms in total. The second kappa shape index (κ2) is 8.64. The Morgan fingerprint density at radius 2 is 1.67 bits per heavy atom. The number of carboxylic acid groups (broad SMARTS) is 1. The van der Waals surface area contributed by atoms with E-state index >= 15 is 0 Å². The summed E-state index contributed by atoms with van der Waals surface area (Å²) in [7, 11) is 0. The van der Waals surface area contributed by atoms with Gasteiger partial charge in [-0.2, -0.15) is 0 Å². The minimum atomic E-state index is -1.14. The normalized spacial score (nSPS) is 13.4. The average molecular weight is 461 g/mol. The van der Waals surface area contributed by atoms with E-state index in [2.05, 4.69) is 22.4 Å². The van der Waals surface area contributed by atoms with Crippen LogP contribution in [0.2, 0.25) is 5.02 Å². The number of benzene rings is 3. The molecule has 1 aliphatic carbocycles. The van der Waals surface area contributed by atoms with Gasteiger partial charge in [-0.25, -0.2) is 9.59 Å². The Morgan fingerprint density at radius 3 is 2.33 bits per heavy atom. The van der Waals surface area contributed by atoms with Gasteiger partial charge in [-0.3, -0.25) is 0 Å². The number of aliphatic carboxylic acids is 1. The third-order valence-electron chi connectivity index (χ3n) is 6.11. The van der Waals surface area contributed by atoms with Crippen molar-refractivity contribution >= 4 is 34.6 Å². The molecule has 1 aromatic heterocycles. The highest BCUT2D eigenvalue weighted by atomic mass is 35.5. The fourth-order valence-electron chi connectivity index (χ4n) is 4.55. The molecule has 0 saturated heterocycles. The second-order valence-electron chi connectivity index (χ2n) is 8.04. The summed E-state index contributed by atoms with van der Waals surface area (Å²) in [6.07, 6.45) is 1.05. The van der Waals surface area contributed by atoms with Gasteiger partial charge in [-0.15, -0.1) is 0 Å². The van der Waals surface area contributed by atoms with Crippen LogP contribution in [0.5, 0.6) is 0 Å². The number of H-pyrrole nitrogens is 1. The van der Waals surface area contributed by atoms with Crippen molar-refractivity contribution in [2.45, 2.75) is 18.4 Å². The number of aromatic amines is 1. The van der Waals surface area contributed by atoms with Gasteiger partial charge in [0, 0.05) is 23.9 Å². The summed E-state index contributed by atoms with van der Waals surface area (Å²) in [6.45, 7) is 0.120. The van der Waals surface area contributed by atoms with E-state index in [4.69, 9.17) is 16.3 Å². The van der Waals surface area contributed by atoms with Crippen molar-refractivity contribution in [3.8, 4) is 11.1 Å². The number of ether oxygens (including phenoxy) is 1. The zero-order valence-corrected chi connectivity index (χ0v) is 18.3. The van der Waals surface area contributed by atoms with Crippen molar-refractivity contribution in [2.24, 2.45) is 0 Å². The highest BCUT2D eigenvalue weighted by Crippen LogP contribution is 2.44. The standard InChI is InChI=1S/C26H21ClN2O4/c27-22-11-5-10-16-15(13-28-24(16)22)12-23(25(30)31)29-26(32)33-14-21-19-8-3-1-6-17(19)18-7-2-4-9-20(18)21/h1-11,13,21,23,28H,12,14H2,(H,29,32)(H,30,31)/t23-/m0/s1. The molecule has 1 aliphatic rings. The van der Waals surface area contributed by atoms with Crippen LogP contribution in [0.1, 0.15) is 22.6 Å². The van der Waals surface area contributed by atoms with Crippen molar-refractivity contribution in [3.05, 3.63) is 94.6 Å². The van der Waals surface area contributed by atoms with Crippen LogP contribution >= 0.6 is 11.6 Å². The monoisotopic (exact) mass is 460 g/mol. The van der Waals surface area contributed by atoms with Crippen molar-refractivity contribution in [3.63, 3.8) is 0 Å². The van der Waals surface area contributed by atoms with E-state index in [1.165, 1.54) is 0 Å². The molecule has 0 unspecified atom stereocenters. The summed E-state index contributed by atoms with van der Waals surface area (Å²) in [4.78, 5) is 27.5. The molecule has 1 amide bonds. The van der Waals surface area contributed by atoms with Crippen LogP contribution < -0.4 is 5.32 Å². The number of alkyl carbamates (subject to hydrolysis) is 1. The topological polar surface area (TPSA) is 91.4 Å². The Kier molecular flexibility index (Phi) is 5.52. The molecule has 0 radical (unpaired) electrons. The Morgan fingerprint density at radius 1 is 1.00 bits per heavy atom. The number of carbonyl (C=O) groups excluding carboxylic acids is 1. The number of carbonyl (C=O) groups is 2. The van der Waals surface area contributed by atoms with Gasteiger partial charge in [0.25, 0.3) is 0 Å². The number of hydrogen-bond donors (Lipinski definition) is 3. The molecule has 3 N–H and O–H groups in total. The SMILES string of the molecule is O=C(N[C@@H](Cc1c[nH]c2c(Cl)cccc12)C(=O)O)OCC1c2ccccc2-c2ccccc21. The molecule has 0 aliphatic heterocycles. The first-order valence-electron chi connectivity index (χ1n) is 10.6. The fraction of sp³-hybridized carbons (Fsp3) is 0.154. The maximum atomic E-state index is 12.6. The molecule has 166 valence electrons. The number of aromatic nitrogens is 1. The highest BCUT2D eigenvalue weighted by Gasteiger charge is 2.30. The van der Waals surface area contributed by atoms with E-state index in [-0.39, 0.29) is 18.9 Å². The van der Waals surface area contributed by atoms with Crippen molar-refractivity contribution in [1.82, 2.24) is 10.3 Å². The van der Waals surface area contributed by atoms with E-state index in [0.717, 1.165) is 38.7 Å². The van der Waals surface area contributed by atoms with Crippen LogP contribution in [0.25, 0.3) is 22.0 Å². The van der Waals surface area contributed by atoms with Crippen LogP contribution in [-0.2, 0) is 16.0 Å². The van der Waals surface area contributed by atoms with Crippen LogP contribution in [0.3, 0.4) is 0 Å². The Hall–Kier alpha value is -3.77. The summed E-state index contributed by atoms with van der Waals surface area (Å²) < 4.78 is 5.50. The van der Waals surface area contributed by atoms with Crippen molar-refractivity contribution < 1.29 is 19.4 Å². The largest absolute Gasteiger partial charge is 0.480 e. The summed E-state index contributed by atoms with van der Waals surface area (Å²) >= 11 is 6.19. The number of fused-ring (bicyclic) bond motifs is 4. The molecule has 0 saturated carbocycles. The molecular formula is C26H21ClN2O4. The maximum Gasteiger partial charge on any atom is 0.407 e. The molecule has 1 heterocycles. The Balaban J connectivity index is 1.29. The van der Waals surface area contributed by atoms with Crippen molar-refractivity contribution in [1.29, 1.82) is 0 Å². The quantitative estimate of drug-likeness (QED) is 0.361. The van der Waals surface area contributed by atoms with Gasteiger partial charge < -0.3 is 20.1 Å². The number of nitrogens with one attached hydrogen (secondary N) is 2. The van der Waals surface area contributed by atoms with Gasteiger partial charge in [0.1, 0.15) is 12.6 Å². The van der Waals surface area contributed by atoms with Gasteiger partial charge in [0.15, 0.2) is 0 Å². The van der Waals surface area contributed by atoms with Crippen LogP contribution in [0, 0.1) is 0 Å². The minimum absolute atomic E-state index is 0.0952. The van der Waals surface area contributed by atoms with E-state index < -0.39 is 18.1 Å². The summed E-state index contributed by atoms with van der Waals surface area (Å²) in [5, 5.41) is 13.6. The predicted octanol–water partition coefficient (Wildman–Crippen LogP) is 5.36. The number of halogens is 1. The smallest absolute Gasteiger partial charge is 0.407 e. The predicted molar refractivity (Wildman–Crippen MR) is 127 cm³/mol. The first-order valence-corrected chi connectivity index (χ1v) is 11.0. The second-order valence-corrected chi connectivity index (χ2v) is 8.45. The Bertz CT molecular complexity index is 1320. The van der Waals surface area contributed by atoms with E-state index in [1.54, 1.807) is 18.3 Å². The summed E-state index contributed by atoms with van der Waals surface area (Å²) in [5.74, 6) is -1.23. The lowest BCUT2D eigenvalue weighted by Crippen LogP contribution is -2.42. The third-order valence-corrected chi connectivity index (χ3v) is 6.42. The maximum absolute atomic E-state index is 12.6. The first kappa shape index (κ1) is 21.1. The van der Waals surface area contributed by atoms with Gasteiger partial charge >= 0.3 is 12.1 Å². The molecule has 7 heteroatoms. The molecule has 4 aromatic rings. The molecule has 0 spiro atoms. The zero-order chi connectivity index (χ0) is 22.9. The molecule has 5 rings (SSSR count). The highest BCUT2D eigenvalue weighted by molar-refractivity contribution is 6.35. The van der Waals surface area contributed by atoms with Gasteiger partial charge in [-0.05, 0) is 33.9 Å². The van der Waals surface area contributed by atoms with Gasteiger partial charge in [0.05, 0.1) is 10.5 Å². The number of para-hydroxylation sites is 1. The van der Waals surface area contributed by atoms with E-state index in [0.29, 0.717) is 5.02 Å². The lowest BCUT2D eigenvalue weighted by atomic mass is 9.98. The molecular weight excluding hydrogens is 440 g/mol. The van der Waals surface area contributed by atoms with Crippen LogP contribution in [0.15, 0.2) is 72.9 Å². The molecule has 33 heavy (non-hydrogen) atoms. The molecule has 3 aromatic carbocycles. The minimum Gasteiger partial charge on any atom is -0.480 e. The lowest BCUT2D eigenvalue weighted by molar-refractivity contribution is -0.139. The average Bonchev–Trinajstić information content (AvgIpc) is 3.37. The van der Waals surface area contributed by atoms with Crippen LogP contribution in [-0.4, -0.2) is 34.8 Å². The van der Waals surface area contributed by atoms with Gasteiger partial charge in [-0.1, -0.05) is 72.3 Å². The van der Waals surface area contributed by atoms with Crippen LogP contribution in [0.4, 0.5) is 4.79 Å². The lowest BCUT2D eigenvalue weighted by Gasteiger charge is -2.17. The third kappa shape index (κ3) is 3.94.